The summed E-state index contributed by atoms with van der Waals surface area (Å²) in [7, 11) is 0. The fourth-order valence-corrected chi connectivity index (χ4v) is 2.93. The molecule has 1 saturated heterocycles. The number of nitrogens with one attached hydrogen (secondary N) is 1. The van der Waals surface area contributed by atoms with Crippen LogP contribution in [0.4, 0.5) is 5.69 Å². The van der Waals surface area contributed by atoms with Crippen molar-refractivity contribution < 1.29 is 0 Å². The molecule has 0 radical (unpaired) electrons. The number of nitriles is 1. The Hall–Kier alpha value is -1.05. The molecule has 1 fully saturated rings. The maximum absolute atomic E-state index is 8.90. The molecule has 1 aromatic carbocycles. The van der Waals surface area contributed by atoms with E-state index in [2.05, 4.69) is 46.3 Å². The van der Waals surface area contributed by atoms with Gasteiger partial charge < -0.3 is 5.43 Å². The van der Waals surface area contributed by atoms with Gasteiger partial charge in [0.05, 0.1) is 11.3 Å². The minimum Gasteiger partial charge on any atom is -0.318 e. The van der Waals surface area contributed by atoms with Crippen LogP contribution in [0.3, 0.4) is 0 Å². The molecule has 0 aromatic heterocycles. The van der Waals surface area contributed by atoms with E-state index >= 15 is 0 Å². The first kappa shape index (κ1) is 13.4. The molecule has 18 heavy (non-hydrogen) atoms. The van der Waals surface area contributed by atoms with Crippen molar-refractivity contribution in [2.75, 3.05) is 5.43 Å². The molecule has 1 aliphatic rings. The molecule has 4 heteroatoms. The lowest BCUT2D eigenvalue weighted by molar-refractivity contribution is 0.136. The first-order valence-corrected chi connectivity index (χ1v) is 7.15. The fraction of sp³-hybridized carbons (Fsp3) is 0.500. The second-order valence-electron chi connectivity index (χ2n) is 4.95. The Morgan fingerprint density at radius 2 is 2.00 bits per heavy atom. The van der Waals surface area contributed by atoms with Crippen LogP contribution in [-0.2, 0) is 0 Å². The second kappa shape index (κ2) is 5.73. The maximum atomic E-state index is 8.90. The predicted molar refractivity (Wildman–Crippen MR) is 77.1 cm³/mol. The van der Waals surface area contributed by atoms with Crippen LogP contribution in [0.25, 0.3) is 0 Å². The van der Waals surface area contributed by atoms with Crippen molar-refractivity contribution in [2.24, 2.45) is 0 Å². The molecule has 0 amide bonds. The summed E-state index contributed by atoms with van der Waals surface area (Å²) in [6.45, 7) is 4.50. The van der Waals surface area contributed by atoms with E-state index in [-0.39, 0.29) is 0 Å². The SMILES string of the molecule is CC1CCCC(C)N1Nc1ccc(C#N)c(Br)c1. The predicted octanol–water partition coefficient (Wildman–Crippen LogP) is 3.91. The zero-order valence-electron chi connectivity index (χ0n) is 10.8. The Kier molecular flexibility index (Phi) is 4.26. The topological polar surface area (TPSA) is 39.1 Å². The first-order chi connectivity index (χ1) is 8.61. The zero-order chi connectivity index (χ0) is 13.1. The summed E-state index contributed by atoms with van der Waals surface area (Å²) in [6.07, 6.45) is 3.77. The van der Waals surface area contributed by atoms with E-state index in [0.29, 0.717) is 17.6 Å². The van der Waals surface area contributed by atoms with Gasteiger partial charge in [-0.05, 0) is 60.8 Å². The summed E-state index contributed by atoms with van der Waals surface area (Å²) in [4.78, 5) is 0. The van der Waals surface area contributed by atoms with Gasteiger partial charge in [-0.3, -0.25) is 0 Å². The van der Waals surface area contributed by atoms with E-state index in [9.17, 15) is 0 Å². The van der Waals surface area contributed by atoms with Crippen molar-refractivity contribution in [3.8, 4) is 6.07 Å². The number of hydrazine groups is 1. The third-order valence-electron chi connectivity index (χ3n) is 3.54. The average molecular weight is 308 g/mol. The highest BCUT2D eigenvalue weighted by Gasteiger charge is 2.24. The van der Waals surface area contributed by atoms with Gasteiger partial charge in [0.25, 0.3) is 0 Å². The van der Waals surface area contributed by atoms with Gasteiger partial charge in [0.2, 0.25) is 0 Å². The average Bonchev–Trinajstić information content (AvgIpc) is 2.34. The Morgan fingerprint density at radius 1 is 1.33 bits per heavy atom. The summed E-state index contributed by atoms with van der Waals surface area (Å²) in [5.74, 6) is 0. The number of halogens is 1. The quantitative estimate of drug-likeness (QED) is 0.900. The Balaban J connectivity index is 2.13. The third kappa shape index (κ3) is 2.85. The van der Waals surface area contributed by atoms with E-state index in [0.717, 1.165) is 10.2 Å². The zero-order valence-corrected chi connectivity index (χ0v) is 12.4. The van der Waals surface area contributed by atoms with Gasteiger partial charge in [0, 0.05) is 16.6 Å². The van der Waals surface area contributed by atoms with Crippen LogP contribution in [-0.4, -0.2) is 17.1 Å². The van der Waals surface area contributed by atoms with Crippen molar-refractivity contribution in [2.45, 2.75) is 45.2 Å². The lowest BCUT2D eigenvalue weighted by Crippen LogP contribution is -2.47. The number of hydrogen-bond acceptors (Lipinski definition) is 3. The summed E-state index contributed by atoms with van der Waals surface area (Å²) in [5.41, 5.74) is 5.16. The lowest BCUT2D eigenvalue weighted by atomic mass is 10.00. The number of benzene rings is 1. The van der Waals surface area contributed by atoms with Gasteiger partial charge in [-0.25, -0.2) is 5.01 Å². The normalized spacial score (nSPS) is 24.6. The molecule has 2 unspecified atom stereocenters. The third-order valence-corrected chi connectivity index (χ3v) is 4.20. The summed E-state index contributed by atoms with van der Waals surface area (Å²) < 4.78 is 0.840. The summed E-state index contributed by atoms with van der Waals surface area (Å²) in [5, 5.41) is 11.2. The second-order valence-corrected chi connectivity index (χ2v) is 5.81. The van der Waals surface area contributed by atoms with E-state index in [1.807, 2.05) is 18.2 Å². The summed E-state index contributed by atoms with van der Waals surface area (Å²) in [6, 6.07) is 9.00. The minimum absolute atomic E-state index is 0.545. The molecule has 2 atom stereocenters. The molecule has 1 N–H and O–H groups in total. The van der Waals surface area contributed by atoms with E-state index < -0.39 is 0 Å². The van der Waals surface area contributed by atoms with Crippen LogP contribution in [0.1, 0.15) is 38.7 Å². The minimum atomic E-state index is 0.545. The molecule has 0 spiro atoms. The Labute approximate surface area is 117 Å². The molecule has 2 rings (SSSR count). The number of hydrogen-bond donors (Lipinski definition) is 1. The molecule has 0 aliphatic carbocycles. The molecular formula is C14H18BrN3. The van der Waals surface area contributed by atoms with Crippen molar-refractivity contribution >= 4 is 21.6 Å². The number of piperidine rings is 1. The van der Waals surface area contributed by atoms with E-state index in [4.69, 9.17) is 5.26 Å². The van der Waals surface area contributed by atoms with Crippen molar-refractivity contribution in [1.82, 2.24) is 5.01 Å². The Morgan fingerprint density at radius 3 is 2.56 bits per heavy atom. The number of anilines is 1. The Bertz CT molecular complexity index is 457. The van der Waals surface area contributed by atoms with Crippen LogP contribution >= 0.6 is 15.9 Å². The number of nitrogens with zero attached hydrogens (tertiary/aromatic N) is 2. The van der Waals surface area contributed by atoms with Crippen LogP contribution in [0, 0.1) is 11.3 Å². The molecule has 0 bridgehead atoms. The number of rotatable bonds is 2. The molecule has 0 saturated carbocycles. The van der Waals surface area contributed by atoms with Crippen molar-refractivity contribution in [1.29, 1.82) is 5.26 Å². The highest BCUT2D eigenvalue weighted by atomic mass is 79.9. The van der Waals surface area contributed by atoms with Gasteiger partial charge in [-0.1, -0.05) is 6.42 Å². The molecule has 1 heterocycles. The van der Waals surface area contributed by atoms with E-state index in [1.165, 1.54) is 19.3 Å². The van der Waals surface area contributed by atoms with Crippen LogP contribution < -0.4 is 5.43 Å². The smallest absolute Gasteiger partial charge is 0.100 e. The summed E-state index contributed by atoms with van der Waals surface area (Å²) >= 11 is 3.42. The molecule has 96 valence electrons. The lowest BCUT2D eigenvalue weighted by Gasteiger charge is -2.39. The standard InChI is InChI=1S/C14H18BrN3/c1-10-4-3-5-11(2)18(10)17-13-7-6-12(9-16)14(15)8-13/h6-8,10-11,17H,3-5H2,1-2H3. The van der Waals surface area contributed by atoms with Crippen LogP contribution in [0.5, 0.6) is 0 Å². The van der Waals surface area contributed by atoms with Gasteiger partial charge in [0.1, 0.15) is 6.07 Å². The fourth-order valence-electron chi connectivity index (χ4n) is 2.47. The van der Waals surface area contributed by atoms with Crippen molar-refractivity contribution in [3.05, 3.63) is 28.2 Å². The highest BCUT2D eigenvalue weighted by molar-refractivity contribution is 9.10. The molecule has 3 nitrogen and oxygen atoms in total. The maximum Gasteiger partial charge on any atom is 0.100 e. The van der Waals surface area contributed by atoms with Crippen molar-refractivity contribution in [3.63, 3.8) is 0 Å². The first-order valence-electron chi connectivity index (χ1n) is 6.36. The molecule has 1 aliphatic heterocycles. The van der Waals surface area contributed by atoms with Gasteiger partial charge in [-0.15, -0.1) is 0 Å². The van der Waals surface area contributed by atoms with Gasteiger partial charge in [0.15, 0.2) is 0 Å². The van der Waals surface area contributed by atoms with Crippen LogP contribution in [0.15, 0.2) is 22.7 Å². The largest absolute Gasteiger partial charge is 0.318 e. The monoisotopic (exact) mass is 307 g/mol. The molecular weight excluding hydrogens is 290 g/mol. The van der Waals surface area contributed by atoms with Crippen LogP contribution in [0.2, 0.25) is 0 Å². The van der Waals surface area contributed by atoms with Gasteiger partial charge in [-0.2, -0.15) is 5.26 Å². The molecule has 1 aromatic rings. The highest BCUT2D eigenvalue weighted by Crippen LogP contribution is 2.26. The van der Waals surface area contributed by atoms with Gasteiger partial charge >= 0.3 is 0 Å². The van der Waals surface area contributed by atoms with E-state index in [1.54, 1.807) is 0 Å².